The lowest BCUT2D eigenvalue weighted by atomic mass is 9.87. The summed E-state index contributed by atoms with van der Waals surface area (Å²) in [5.74, 6) is 1.69. The summed E-state index contributed by atoms with van der Waals surface area (Å²) in [6.45, 7) is 0. The van der Waals surface area contributed by atoms with E-state index in [1.807, 2.05) is 0 Å². The van der Waals surface area contributed by atoms with Crippen molar-refractivity contribution in [3.05, 3.63) is 29.3 Å². The van der Waals surface area contributed by atoms with Crippen LogP contribution in [0, 0.1) is 0 Å². The summed E-state index contributed by atoms with van der Waals surface area (Å²) in [6.07, 6.45) is 5.57. The molecule has 2 N–H and O–H groups in total. The third-order valence-electron chi connectivity index (χ3n) is 3.66. The molecule has 1 fully saturated rings. The average molecular weight is 173 g/mol. The fourth-order valence-corrected chi connectivity index (χ4v) is 3.07. The van der Waals surface area contributed by atoms with Crippen molar-refractivity contribution < 1.29 is 0 Å². The third kappa shape index (κ3) is 0.995. The molecule has 0 heterocycles. The molecule has 1 aromatic carbocycles. The standard InChI is InChI=1S/C12H15N/c13-10-4-5-11-8-2-1-3-9(6-8)12(11)7-10/h4-5,7-9H,1-3,6,13H2. The van der Waals surface area contributed by atoms with E-state index < -0.39 is 0 Å². The summed E-state index contributed by atoms with van der Waals surface area (Å²) in [5, 5.41) is 0. The molecule has 0 radical (unpaired) electrons. The van der Waals surface area contributed by atoms with Crippen LogP contribution in [0.1, 0.15) is 48.6 Å². The highest BCUT2D eigenvalue weighted by molar-refractivity contribution is 5.50. The molecule has 0 aliphatic heterocycles. The molecule has 0 aromatic heterocycles. The summed E-state index contributed by atoms with van der Waals surface area (Å²) >= 11 is 0. The highest BCUT2D eigenvalue weighted by Gasteiger charge is 2.33. The van der Waals surface area contributed by atoms with Crippen molar-refractivity contribution in [2.75, 3.05) is 5.73 Å². The number of nitrogens with two attached hydrogens (primary N) is 1. The zero-order valence-electron chi connectivity index (χ0n) is 7.79. The molecule has 0 saturated heterocycles. The van der Waals surface area contributed by atoms with E-state index in [1.54, 1.807) is 11.1 Å². The van der Waals surface area contributed by atoms with Gasteiger partial charge in [0.15, 0.2) is 0 Å². The molecule has 1 saturated carbocycles. The molecule has 13 heavy (non-hydrogen) atoms. The molecule has 2 unspecified atom stereocenters. The largest absolute Gasteiger partial charge is 0.399 e. The van der Waals surface area contributed by atoms with Crippen LogP contribution in [-0.2, 0) is 0 Å². The Morgan fingerprint density at radius 2 is 1.85 bits per heavy atom. The second kappa shape index (κ2) is 2.50. The summed E-state index contributed by atoms with van der Waals surface area (Å²) in [6, 6.07) is 6.51. The van der Waals surface area contributed by atoms with Crippen molar-refractivity contribution in [1.29, 1.82) is 0 Å². The molecule has 3 rings (SSSR count). The Bertz CT molecular complexity index is 343. The van der Waals surface area contributed by atoms with Gasteiger partial charge in [-0.2, -0.15) is 0 Å². The molecule has 1 nitrogen and oxygen atoms in total. The summed E-state index contributed by atoms with van der Waals surface area (Å²) in [5.41, 5.74) is 9.90. The van der Waals surface area contributed by atoms with Crippen molar-refractivity contribution in [3.8, 4) is 0 Å². The minimum Gasteiger partial charge on any atom is -0.399 e. The number of hydrogen-bond acceptors (Lipinski definition) is 1. The van der Waals surface area contributed by atoms with E-state index >= 15 is 0 Å². The highest BCUT2D eigenvalue weighted by Crippen LogP contribution is 2.50. The topological polar surface area (TPSA) is 26.0 Å². The number of anilines is 1. The summed E-state index contributed by atoms with van der Waals surface area (Å²) < 4.78 is 0. The lowest BCUT2D eigenvalue weighted by molar-refractivity contribution is 0.435. The van der Waals surface area contributed by atoms with E-state index in [0.717, 1.165) is 17.5 Å². The van der Waals surface area contributed by atoms with Gasteiger partial charge in [-0.1, -0.05) is 12.5 Å². The minimum absolute atomic E-state index is 0.831. The van der Waals surface area contributed by atoms with Gasteiger partial charge in [0.2, 0.25) is 0 Å². The Morgan fingerprint density at radius 1 is 1.08 bits per heavy atom. The molecule has 2 aliphatic rings. The van der Waals surface area contributed by atoms with Gasteiger partial charge in [-0.3, -0.25) is 0 Å². The van der Waals surface area contributed by atoms with Crippen LogP contribution in [0.2, 0.25) is 0 Å². The van der Waals surface area contributed by atoms with Gasteiger partial charge in [0, 0.05) is 5.69 Å². The van der Waals surface area contributed by atoms with Gasteiger partial charge in [0.05, 0.1) is 0 Å². The Balaban J connectivity index is 2.15. The number of nitrogen functional groups attached to an aromatic ring is 1. The van der Waals surface area contributed by atoms with Gasteiger partial charge in [-0.25, -0.2) is 0 Å². The molecule has 1 heteroatoms. The van der Waals surface area contributed by atoms with E-state index in [4.69, 9.17) is 5.73 Å². The molecule has 0 amide bonds. The van der Waals surface area contributed by atoms with Crippen LogP contribution in [-0.4, -0.2) is 0 Å². The fraction of sp³-hybridized carbons (Fsp3) is 0.500. The number of hydrogen-bond donors (Lipinski definition) is 1. The number of rotatable bonds is 0. The fourth-order valence-electron chi connectivity index (χ4n) is 3.07. The maximum atomic E-state index is 5.81. The van der Waals surface area contributed by atoms with Gasteiger partial charge < -0.3 is 5.73 Å². The quantitative estimate of drug-likeness (QED) is 0.599. The van der Waals surface area contributed by atoms with E-state index in [2.05, 4.69) is 18.2 Å². The highest BCUT2D eigenvalue weighted by atomic mass is 14.5. The van der Waals surface area contributed by atoms with E-state index in [-0.39, 0.29) is 0 Å². The molecule has 2 atom stereocenters. The normalized spacial score (nSPS) is 30.2. The number of benzene rings is 1. The average Bonchev–Trinajstić information content (AvgIpc) is 2.39. The van der Waals surface area contributed by atoms with Gasteiger partial charge >= 0.3 is 0 Å². The van der Waals surface area contributed by atoms with E-state index in [1.165, 1.54) is 25.7 Å². The van der Waals surface area contributed by atoms with Crippen molar-refractivity contribution in [3.63, 3.8) is 0 Å². The minimum atomic E-state index is 0.831. The maximum absolute atomic E-state index is 5.81. The first-order valence-corrected chi connectivity index (χ1v) is 5.24. The second-order valence-corrected chi connectivity index (χ2v) is 4.45. The first-order chi connectivity index (χ1) is 6.34. The van der Waals surface area contributed by atoms with Crippen LogP contribution in [0.4, 0.5) is 5.69 Å². The number of fused-ring (bicyclic) bond motifs is 5. The zero-order chi connectivity index (χ0) is 8.84. The molecule has 2 aliphatic carbocycles. The Hall–Kier alpha value is -0.980. The molecule has 2 bridgehead atoms. The van der Waals surface area contributed by atoms with Gasteiger partial charge in [-0.05, 0) is 54.4 Å². The van der Waals surface area contributed by atoms with Crippen LogP contribution in [0.3, 0.4) is 0 Å². The second-order valence-electron chi connectivity index (χ2n) is 4.45. The maximum Gasteiger partial charge on any atom is 0.0317 e. The van der Waals surface area contributed by atoms with Gasteiger partial charge in [0.25, 0.3) is 0 Å². The van der Waals surface area contributed by atoms with Crippen LogP contribution < -0.4 is 5.73 Å². The molecule has 1 aromatic rings. The van der Waals surface area contributed by atoms with Crippen molar-refractivity contribution >= 4 is 5.69 Å². The predicted octanol–water partition coefficient (Wildman–Crippen LogP) is 3.02. The Labute approximate surface area is 78.9 Å². The molecular weight excluding hydrogens is 158 g/mol. The first kappa shape index (κ1) is 7.43. The van der Waals surface area contributed by atoms with Crippen LogP contribution in [0.5, 0.6) is 0 Å². The Morgan fingerprint density at radius 3 is 2.69 bits per heavy atom. The first-order valence-electron chi connectivity index (χ1n) is 5.24. The summed E-state index contributed by atoms with van der Waals surface area (Å²) in [4.78, 5) is 0. The lowest BCUT2D eigenvalue weighted by Crippen LogP contribution is -2.01. The monoisotopic (exact) mass is 173 g/mol. The van der Waals surface area contributed by atoms with Crippen LogP contribution in [0.25, 0.3) is 0 Å². The van der Waals surface area contributed by atoms with E-state index in [9.17, 15) is 0 Å². The lowest BCUT2D eigenvalue weighted by Gasteiger charge is -2.18. The van der Waals surface area contributed by atoms with E-state index in [0.29, 0.717) is 0 Å². The SMILES string of the molecule is Nc1ccc2c(c1)C1CCCC2C1. The Kier molecular flexibility index (Phi) is 1.43. The van der Waals surface area contributed by atoms with Crippen LogP contribution in [0.15, 0.2) is 18.2 Å². The predicted molar refractivity (Wildman–Crippen MR) is 54.8 cm³/mol. The van der Waals surface area contributed by atoms with Gasteiger partial charge in [0.1, 0.15) is 0 Å². The van der Waals surface area contributed by atoms with Crippen LogP contribution >= 0.6 is 0 Å². The smallest absolute Gasteiger partial charge is 0.0317 e. The molecular formula is C12H15N. The third-order valence-corrected chi connectivity index (χ3v) is 3.66. The zero-order valence-corrected chi connectivity index (χ0v) is 7.79. The van der Waals surface area contributed by atoms with Crippen molar-refractivity contribution in [2.24, 2.45) is 0 Å². The summed E-state index contributed by atoms with van der Waals surface area (Å²) in [7, 11) is 0. The van der Waals surface area contributed by atoms with Gasteiger partial charge in [-0.15, -0.1) is 0 Å². The molecule has 68 valence electrons. The molecule has 0 spiro atoms. The van der Waals surface area contributed by atoms with Crippen molar-refractivity contribution in [2.45, 2.75) is 37.5 Å². The van der Waals surface area contributed by atoms with Crippen molar-refractivity contribution in [1.82, 2.24) is 0 Å².